The van der Waals surface area contributed by atoms with E-state index in [1.807, 2.05) is 36.6 Å². The van der Waals surface area contributed by atoms with Gasteiger partial charge in [-0.05, 0) is 29.8 Å². The summed E-state index contributed by atoms with van der Waals surface area (Å²) in [5.74, 6) is 1.17. The fraction of sp³-hybridized carbons (Fsp3) is 0.286. The molecule has 0 bridgehead atoms. The van der Waals surface area contributed by atoms with Gasteiger partial charge in [0.15, 0.2) is 5.65 Å². The first-order valence-corrected chi connectivity index (χ1v) is 11.0. The maximum absolute atomic E-state index is 6.13. The Labute approximate surface area is 183 Å². The molecule has 1 aliphatic heterocycles. The molecular weight excluding hydrogens is 418 g/mol. The van der Waals surface area contributed by atoms with Crippen LogP contribution in [0.1, 0.15) is 4.88 Å². The number of aryl methyl sites for hydroxylation is 1. The Kier molecular flexibility index (Phi) is 5.06. The molecule has 1 aromatic carbocycles. The number of hydrogen-bond acceptors (Lipinski definition) is 7. The minimum Gasteiger partial charge on any atom is -0.383 e. The molecule has 1 saturated heterocycles. The molecule has 5 rings (SSSR count). The van der Waals surface area contributed by atoms with Crippen LogP contribution in [-0.2, 0) is 13.6 Å². The van der Waals surface area contributed by atoms with Crippen molar-refractivity contribution in [2.24, 2.45) is 7.05 Å². The summed E-state index contributed by atoms with van der Waals surface area (Å²) in [6.45, 7) is 4.60. The van der Waals surface area contributed by atoms with Crippen LogP contribution in [-0.4, -0.2) is 50.8 Å². The van der Waals surface area contributed by atoms with Crippen LogP contribution < -0.4 is 10.6 Å². The molecule has 0 spiro atoms. The summed E-state index contributed by atoms with van der Waals surface area (Å²) in [5, 5.41) is 5.80. The molecule has 3 aromatic heterocycles. The molecule has 0 atom stereocenters. The number of piperazine rings is 1. The third kappa shape index (κ3) is 3.74. The molecule has 7 nitrogen and oxygen atoms in total. The fourth-order valence-corrected chi connectivity index (χ4v) is 5.00. The van der Waals surface area contributed by atoms with Gasteiger partial charge in [-0.25, -0.2) is 0 Å². The van der Waals surface area contributed by atoms with Gasteiger partial charge in [-0.15, -0.1) is 11.3 Å². The number of aromatic nitrogens is 4. The number of nitrogens with zero attached hydrogens (tertiary/aromatic N) is 6. The second-order valence-electron chi connectivity index (χ2n) is 7.45. The largest absolute Gasteiger partial charge is 0.383 e. The van der Waals surface area contributed by atoms with Crippen molar-refractivity contribution in [3.8, 4) is 10.4 Å². The lowest BCUT2D eigenvalue weighted by Gasteiger charge is -2.34. The molecule has 0 radical (unpaired) electrons. The standard InChI is InChI=1S/C21H22ClN7S/c1-27-20-17(12-24-27)19(23)25-21(26-20)29-9-7-28(8-10-29)13-16-5-6-18(30-16)14-3-2-4-15(22)11-14/h2-6,11-12H,7-10,13H2,1H3,(H2,23,25,26). The van der Waals surface area contributed by atoms with Gasteiger partial charge in [0, 0.05) is 54.5 Å². The van der Waals surface area contributed by atoms with Crippen LogP contribution in [0.25, 0.3) is 21.5 Å². The van der Waals surface area contributed by atoms with Gasteiger partial charge in [-0.1, -0.05) is 23.7 Å². The van der Waals surface area contributed by atoms with E-state index in [9.17, 15) is 0 Å². The average molecular weight is 440 g/mol. The van der Waals surface area contributed by atoms with Crippen LogP contribution in [0, 0.1) is 0 Å². The number of benzene rings is 1. The van der Waals surface area contributed by atoms with Crippen LogP contribution in [0.3, 0.4) is 0 Å². The first-order valence-electron chi connectivity index (χ1n) is 9.84. The molecule has 9 heteroatoms. The molecule has 30 heavy (non-hydrogen) atoms. The number of nitrogen functional groups attached to an aromatic ring is 1. The maximum Gasteiger partial charge on any atom is 0.229 e. The van der Waals surface area contributed by atoms with E-state index < -0.39 is 0 Å². The molecule has 2 N–H and O–H groups in total. The number of halogens is 1. The Morgan fingerprint density at radius 1 is 1.10 bits per heavy atom. The molecule has 0 amide bonds. The highest BCUT2D eigenvalue weighted by atomic mass is 35.5. The predicted octanol–water partition coefficient (Wildman–Crippen LogP) is 3.65. The van der Waals surface area contributed by atoms with E-state index in [0.29, 0.717) is 11.8 Å². The molecule has 0 unspecified atom stereocenters. The van der Waals surface area contributed by atoms with E-state index >= 15 is 0 Å². The smallest absolute Gasteiger partial charge is 0.229 e. The van der Waals surface area contributed by atoms with Gasteiger partial charge in [0.05, 0.1) is 11.6 Å². The topological polar surface area (TPSA) is 76.1 Å². The second-order valence-corrected chi connectivity index (χ2v) is 9.06. The Balaban J connectivity index is 1.24. The van der Waals surface area contributed by atoms with E-state index in [1.165, 1.54) is 15.3 Å². The van der Waals surface area contributed by atoms with Gasteiger partial charge in [0.25, 0.3) is 0 Å². The molecule has 0 saturated carbocycles. The number of nitrogens with two attached hydrogens (primary N) is 1. The third-order valence-electron chi connectivity index (χ3n) is 5.42. The summed E-state index contributed by atoms with van der Waals surface area (Å²) in [6.07, 6.45) is 1.71. The summed E-state index contributed by atoms with van der Waals surface area (Å²) >= 11 is 7.96. The maximum atomic E-state index is 6.13. The average Bonchev–Trinajstić information content (AvgIpc) is 3.36. The summed E-state index contributed by atoms with van der Waals surface area (Å²) in [6, 6.07) is 12.4. The lowest BCUT2D eigenvalue weighted by molar-refractivity contribution is 0.251. The van der Waals surface area contributed by atoms with Crippen molar-refractivity contribution < 1.29 is 0 Å². The highest BCUT2D eigenvalue weighted by molar-refractivity contribution is 7.15. The Morgan fingerprint density at radius 3 is 2.73 bits per heavy atom. The Bertz CT molecular complexity index is 1190. The fourth-order valence-electron chi connectivity index (χ4n) is 3.76. The number of fused-ring (bicyclic) bond motifs is 1. The first kappa shape index (κ1) is 19.3. The number of anilines is 2. The number of rotatable bonds is 4. The quantitative estimate of drug-likeness (QED) is 0.523. The molecular formula is C21H22ClN7S. The van der Waals surface area contributed by atoms with Crippen molar-refractivity contribution in [2.45, 2.75) is 6.54 Å². The van der Waals surface area contributed by atoms with E-state index in [4.69, 9.17) is 17.3 Å². The highest BCUT2D eigenvalue weighted by Crippen LogP contribution is 2.30. The molecule has 1 fully saturated rings. The van der Waals surface area contributed by atoms with Gasteiger partial charge >= 0.3 is 0 Å². The van der Waals surface area contributed by atoms with Crippen molar-refractivity contribution in [1.29, 1.82) is 0 Å². The second kappa shape index (κ2) is 7.86. The van der Waals surface area contributed by atoms with E-state index in [1.54, 1.807) is 10.9 Å². The van der Waals surface area contributed by atoms with Gasteiger partial charge in [0.2, 0.25) is 5.95 Å². The highest BCUT2D eigenvalue weighted by Gasteiger charge is 2.21. The van der Waals surface area contributed by atoms with Crippen LogP contribution >= 0.6 is 22.9 Å². The monoisotopic (exact) mass is 439 g/mol. The van der Waals surface area contributed by atoms with E-state index in [0.717, 1.165) is 48.8 Å². The van der Waals surface area contributed by atoms with Crippen LogP contribution in [0.2, 0.25) is 5.02 Å². The van der Waals surface area contributed by atoms with Crippen molar-refractivity contribution in [2.75, 3.05) is 36.8 Å². The zero-order chi connectivity index (χ0) is 20.7. The van der Waals surface area contributed by atoms with Crippen LogP contribution in [0.15, 0.2) is 42.6 Å². The molecule has 4 aromatic rings. The van der Waals surface area contributed by atoms with Crippen LogP contribution in [0.5, 0.6) is 0 Å². The van der Waals surface area contributed by atoms with Crippen LogP contribution in [0.4, 0.5) is 11.8 Å². The third-order valence-corrected chi connectivity index (χ3v) is 6.77. The summed E-state index contributed by atoms with van der Waals surface area (Å²) in [7, 11) is 1.87. The zero-order valence-corrected chi connectivity index (χ0v) is 18.2. The van der Waals surface area contributed by atoms with Gasteiger partial charge in [0.1, 0.15) is 5.82 Å². The van der Waals surface area contributed by atoms with Gasteiger partial charge < -0.3 is 10.6 Å². The lowest BCUT2D eigenvalue weighted by atomic mass is 10.2. The predicted molar refractivity (Wildman–Crippen MR) is 123 cm³/mol. The molecule has 154 valence electrons. The molecule has 0 aliphatic carbocycles. The zero-order valence-electron chi connectivity index (χ0n) is 16.6. The van der Waals surface area contributed by atoms with E-state index in [-0.39, 0.29) is 0 Å². The minimum absolute atomic E-state index is 0.484. The number of thiophene rings is 1. The Morgan fingerprint density at radius 2 is 1.93 bits per heavy atom. The van der Waals surface area contributed by atoms with Crippen molar-refractivity contribution in [3.05, 3.63) is 52.5 Å². The summed E-state index contributed by atoms with van der Waals surface area (Å²) < 4.78 is 1.74. The SMILES string of the molecule is Cn1ncc2c(N)nc(N3CCN(Cc4ccc(-c5cccc(Cl)c5)s4)CC3)nc21. The number of hydrogen-bond donors (Lipinski definition) is 1. The minimum atomic E-state index is 0.484. The van der Waals surface area contributed by atoms with Gasteiger partial charge in [-0.3, -0.25) is 9.58 Å². The lowest BCUT2D eigenvalue weighted by Crippen LogP contribution is -2.46. The van der Waals surface area contributed by atoms with Gasteiger partial charge in [-0.2, -0.15) is 15.1 Å². The van der Waals surface area contributed by atoms with E-state index in [2.05, 4.69) is 43.1 Å². The van der Waals surface area contributed by atoms with Crippen molar-refractivity contribution >= 4 is 45.7 Å². The molecule has 4 heterocycles. The first-order chi connectivity index (χ1) is 14.6. The van der Waals surface area contributed by atoms with Crippen molar-refractivity contribution in [3.63, 3.8) is 0 Å². The Hall–Kier alpha value is -2.68. The summed E-state index contributed by atoms with van der Waals surface area (Å²) in [4.78, 5) is 16.5. The molecule has 1 aliphatic rings. The summed E-state index contributed by atoms with van der Waals surface area (Å²) in [5.41, 5.74) is 8.06. The normalized spacial score (nSPS) is 15.2. The van der Waals surface area contributed by atoms with Crippen molar-refractivity contribution in [1.82, 2.24) is 24.6 Å².